The lowest BCUT2D eigenvalue weighted by molar-refractivity contribution is -0.0512. The van der Waals surface area contributed by atoms with Crippen molar-refractivity contribution in [2.45, 2.75) is 19.6 Å². The van der Waals surface area contributed by atoms with E-state index in [0.717, 1.165) is 0 Å². The molecule has 0 bridgehead atoms. The predicted octanol–water partition coefficient (Wildman–Crippen LogP) is 3.50. The average Bonchev–Trinajstić information content (AvgIpc) is 2.61. The van der Waals surface area contributed by atoms with Gasteiger partial charge in [0.05, 0.1) is 25.8 Å². The number of para-hydroxylation sites is 1. The van der Waals surface area contributed by atoms with Crippen LogP contribution in [-0.4, -0.2) is 31.8 Å². The fourth-order valence-electron chi connectivity index (χ4n) is 2.37. The zero-order chi connectivity index (χ0) is 19.3. The average molecular weight is 367 g/mol. The van der Waals surface area contributed by atoms with Gasteiger partial charge in [-0.2, -0.15) is 8.78 Å². The SMILES string of the molecule is COc1cc([C@H](C)NC(=O)c2cccc(OC)c2O)ccc1OC(F)F. The molecular formula is C18H19F2NO5. The van der Waals surface area contributed by atoms with Gasteiger partial charge in [0, 0.05) is 0 Å². The van der Waals surface area contributed by atoms with Gasteiger partial charge in [-0.1, -0.05) is 12.1 Å². The number of phenolic OH excluding ortho intramolecular Hbond substituents is 1. The topological polar surface area (TPSA) is 77.0 Å². The number of ether oxygens (including phenoxy) is 3. The monoisotopic (exact) mass is 367 g/mol. The zero-order valence-corrected chi connectivity index (χ0v) is 14.5. The Morgan fingerprint density at radius 1 is 1.08 bits per heavy atom. The normalized spacial score (nSPS) is 11.8. The van der Waals surface area contributed by atoms with E-state index >= 15 is 0 Å². The first-order chi connectivity index (χ1) is 12.4. The molecule has 2 rings (SSSR count). The van der Waals surface area contributed by atoms with E-state index in [-0.39, 0.29) is 28.6 Å². The number of aromatic hydroxyl groups is 1. The van der Waals surface area contributed by atoms with Crippen LogP contribution >= 0.6 is 0 Å². The van der Waals surface area contributed by atoms with Gasteiger partial charge in [0.25, 0.3) is 5.91 Å². The van der Waals surface area contributed by atoms with Gasteiger partial charge in [0.15, 0.2) is 23.0 Å². The van der Waals surface area contributed by atoms with Crippen LogP contribution in [0.4, 0.5) is 8.78 Å². The van der Waals surface area contributed by atoms with Crippen molar-refractivity contribution in [3.8, 4) is 23.0 Å². The van der Waals surface area contributed by atoms with Crippen molar-refractivity contribution in [3.05, 3.63) is 47.5 Å². The minimum atomic E-state index is -2.97. The van der Waals surface area contributed by atoms with Crippen LogP contribution < -0.4 is 19.5 Å². The predicted molar refractivity (Wildman–Crippen MR) is 90.2 cm³/mol. The molecule has 0 saturated carbocycles. The lowest BCUT2D eigenvalue weighted by Gasteiger charge is -2.17. The van der Waals surface area contributed by atoms with Crippen LogP contribution in [0.15, 0.2) is 36.4 Å². The van der Waals surface area contributed by atoms with Crippen LogP contribution in [0.2, 0.25) is 0 Å². The number of phenols is 1. The minimum absolute atomic E-state index is 0.0563. The maximum absolute atomic E-state index is 12.4. The van der Waals surface area contributed by atoms with Crippen LogP contribution in [0.5, 0.6) is 23.0 Å². The second-order valence-corrected chi connectivity index (χ2v) is 5.34. The fourth-order valence-corrected chi connectivity index (χ4v) is 2.37. The number of carbonyl (C=O) groups is 1. The van der Waals surface area contributed by atoms with E-state index in [1.165, 1.54) is 44.6 Å². The first-order valence-corrected chi connectivity index (χ1v) is 7.67. The molecule has 0 aliphatic heterocycles. The Hall–Kier alpha value is -3.03. The Bertz CT molecular complexity index is 782. The summed E-state index contributed by atoms with van der Waals surface area (Å²) in [5.41, 5.74) is 0.667. The molecule has 0 fully saturated rings. The first kappa shape index (κ1) is 19.3. The van der Waals surface area contributed by atoms with Crippen molar-refractivity contribution >= 4 is 5.91 Å². The summed E-state index contributed by atoms with van der Waals surface area (Å²) in [7, 11) is 2.71. The van der Waals surface area contributed by atoms with E-state index < -0.39 is 18.6 Å². The molecule has 26 heavy (non-hydrogen) atoms. The van der Waals surface area contributed by atoms with Crippen molar-refractivity contribution in [2.75, 3.05) is 14.2 Å². The van der Waals surface area contributed by atoms with Gasteiger partial charge in [0.1, 0.15) is 0 Å². The van der Waals surface area contributed by atoms with Crippen LogP contribution in [0.3, 0.4) is 0 Å². The van der Waals surface area contributed by atoms with Crippen molar-refractivity contribution in [1.82, 2.24) is 5.32 Å². The molecule has 0 aliphatic rings. The second kappa shape index (κ2) is 8.37. The highest BCUT2D eigenvalue weighted by molar-refractivity contribution is 5.97. The van der Waals surface area contributed by atoms with Gasteiger partial charge in [0.2, 0.25) is 0 Å². The Morgan fingerprint density at radius 3 is 2.38 bits per heavy atom. The first-order valence-electron chi connectivity index (χ1n) is 7.67. The number of halogens is 2. The third kappa shape index (κ3) is 4.33. The number of methoxy groups -OCH3 is 2. The lowest BCUT2D eigenvalue weighted by atomic mass is 10.1. The molecule has 0 saturated heterocycles. The smallest absolute Gasteiger partial charge is 0.387 e. The summed E-state index contributed by atoms with van der Waals surface area (Å²) < 4.78 is 39.2. The van der Waals surface area contributed by atoms with E-state index in [1.54, 1.807) is 13.0 Å². The number of amides is 1. The van der Waals surface area contributed by atoms with Crippen molar-refractivity contribution in [3.63, 3.8) is 0 Å². The summed E-state index contributed by atoms with van der Waals surface area (Å²) in [5, 5.41) is 12.8. The minimum Gasteiger partial charge on any atom is -0.504 e. The second-order valence-electron chi connectivity index (χ2n) is 5.34. The molecule has 1 amide bonds. The molecule has 1 atom stereocenters. The van der Waals surface area contributed by atoms with Gasteiger partial charge in [-0.25, -0.2) is 0 Å². The molecule has 2 aromatic carbocycles. The van der Waals surface area contributed by atoms with Crippen molar-refractivity contribution in [2.24, 2.45) is 0 Å². The number of benzene rings is 2. The van der Waals surface area contributed by atoms with Crippen molar-refractivity contribution < 1.29 is 32.9 Å². The van der Waals surface area contributed by atoms with Gasteiger partial charge in [-0.15, -0.1) is 0 Å². The molecular weight excluding hydrogens is 348 g/mol. The number of hydrogen-bond acceptors (Lipinski definition) is 5. The summed E-state index contributed by atoms with van der Waals surface area (Å²) in [4.78, 5) is 12.4. The molecule has 6 nitrogen and oxygen atoms in total. The summed E-state index contributed by atoms with van der Waals surface area (Å²) >= 11 is 0. The van der Waals surface area contributed by atoms with Crippen LogP contribution in [0.25, 0.3) is 0 Å². The summed E-state index contributed by atoms with van der Waals surface area (Å²) in [6.45, 7) is -1.26. The third-order valence-electron chi connectivity index (χ3n) is 3.71. The molecule has 0 radical (unpaired) electrons. The van der Waals surface area contributed by atoms with Gasteiger partial charge < -0.3 is 24.6 Å². The Labute approximate surface area is 149 Å². The standard InChI is InChI=1S/C18H19F2NO5/c1-10(11-7-8-13(26-18(19)20)15(9-11)25-3)21-17(23)12-5-4-6-14(24-2)16(12)22/h4-10,18,22H,1-3H3,(H,21,23)/t10-/m0/s1. The van der Waals surface area contributed by atoms with Crippen LogP contribution in [-0.2, 0) is 0 Å². The zero-order valence-electron chi connectivity index (χ0n) is 14.5. The Balaban J connectivity index is 2.19. The molecule has 0 heterocycles. The highest BCUT2D eigenvalue weighted by Crippen LogP contribution is 2.32. The molecule has 0 spiro atoms. The van der Waals surface area contributed by atoms with E-state index in [0.29, 0.717) is 5.56 Å². The van der Waals surface area contributed by atoms with E-state index in [2.05, 4.69) is 10.1 Å². The lowest BCUT2D eigenvalue weighted by Crippen LogP contribution is -2.26. The fraction of sp³-hybridized carbons (Fsp3) is 0.278. The Kier molecular flexibility index (Phi) is 6.21. The number of carbonyl (C=O) groups excluding carboxylic acids is 1. The van der Waals surface area contributed by atoms with E-state index in [9.17, 15) is 18.7 Å². The summed E-state index contributed by atoms with van der Waals surface area (Å²) in [6, 6.07) is 8.46. The maximum atomic E-state index is 12.4. The highest BCUT2D eigenvalue weighted by atomic mass is 19.3. The van der Waals surface area contributed by atoms with Crippen LogP contribution in [0.1, 0.15) is 28.9 Å². The molecule has 0 unspecified atom stereocenters. The molecule has 2 N–H and O–H groups in total. The maximum Gasteiger partial charge on any atom is 0.387 e. The van der Waals surface area contributed by atoms with E-state index in [1.807, 2.05) is 0 Å². The Morgan fingerprint density at radius 2 is 1.77 bits per heavy atom. The molecule has 0 aromatic heterocycles. The molecule has 8 heteroatoms. The summed E-state index contributed by atoms with van der Waals surface area (Å²) in [5.74, 6) is -0.581. The molecule has 140 valence electrons. The van der Waals surface area contributed by atoms with E-state index in [4.69, 9.17) is 9.47 Å². The number of alkyl halides is 2. The quantitative estimate of drug-likeness (QED) is 0.783. The van der Waals surface area contributed by atoms with Crippen LogP contribution in [0, 0.1) is 0 Å². The molecule has 2 aromatic rings. The van der Waals surface area contributed by atoms with Gasteiger partial charge in [-0.05, 0) is 36.8 Å². The summed E-state index contributed by atoms with van der Waals surface area (Å²) in [6.07, 6.45) is 0. The number of rotatable bonds is 7. The highest BCUT2D eigenvalue weighted by Gasteiger charge is 2.19. The third-order valence-corrected chi connectivity index (χ3v) is 3.71. The largest absolute Gasteiger partial charge is 0.504 e. The number of nitrogens with one attached hydrogen (secondary N) is 1. The molecule has 0 aliphatic carbocycles. The van der Waals surface area contributed by atoms with Gasteiger partial charge >= 0.3 is 6.61 Å². The van der Waals surface area contributed by atoms with Crippen molar-refractivity contribution in [1.29, 1.82) is 0 Å². The van der Waals surface area contributed by atoms with Gasteiger partial charge in [-0.3, -0.25) is 4.79 Å². The number of hydrogen-bond donors (Lipinski definition) is 2.